The smallest absolute Gasteiger partial charge is 0.269 e. The monoisotopic (exact) mass is 556 g/mol. The van der Waals surface area contributed by atoms with Crippen LogP contribution in [-0.4, -0.2) is 19.6 Å². The Morgan fingerprint density at radius 2 is 1.97 bits per heavy atom. The molecule has 0 unspecified atom stereocenters. The van der Waals surface area contributed by atoms with E-state index in [4.69, 9.17) is 9.72 Å². The molecule has 0 saturated heterocycles. The van der Waals surface area contributed by atoms with Crippen LogP contribution >= 0.6 is 15.9 Å². The van der Waals surface area contributed by atoms with Gasteiger partial charge in [-0.1, -0.05) is 12.1 Å². The van der Waals surface area contributed by atoms with Gasteiger partial charge in [-0.2, -0.15) is 4.39 Å². The first-order valence-electron chi connectivity index (χ1n) is 11.7. The highest BCUT2D eigenvalue weighted by atomic mass is 79.9. The number of nitrogens with one attached hydrogen (secondary N) is 1. The van der Waals surface area contributed by atoms with Gasteiger partial charge < -0.3 is 19.7 Å². The van der Waals surface area contributed by atoms with Crippen LogP contribution in [0.25, 0.3) is 0 Å². The van der Waals surface area contributed by atoms with E-state index < -0.39 is 11.5 Å². The lowest BCUT2D eigenvalue weighted by atomic mass is 9.92. The van der Waals surface area contributed by atoms with Crippen molar-refractivity contribution >= 4 is 15.9 Å². The summed E-state index contributed by atoms with van der Waals surface area (Å²) in [6, 6.07) is 9.76. The second-order valence-electron chi connectivity index (χ2n) is 9.70. The number of hydrogen-bond acceptors (Lipinski definition) is 6. The quantitative estimate of drug-likeness (QED) is 0.408. The van der Waals surface area contributed by atoms with Gasteiger partial charge >= 0.3 is 0 Å². The molecule has 1 aliphatic heterocycles. The Labute approximate surface area is 218 Å². The molecule has 0 radical (unpaired) electrons. The third-order valence-electron chi connectivity index (χ3n) is 6.39. The molecule has 0 fully saturated rings. The van der Waals surface area contributed by atoms with Gasteiger partial charge in [0.2, 0.25) is 5.95 Å². The molecule has 0 amide bonds. The summed E-state index contributed by atoms with van der Waals surface area (Å²) in [7, 11) is 0. The van der Waals surface area contributed by atoms with Gasteiger partial charge in [-0.15, -0.1) is 0 Å². The Bertz CT molecular complexity index is 1380. The highest BCUT2D eigenvalue weighted by molar-refractivity contribution is 9.10. The summed E-state index contributed by atoms with van der Waals surface area (Å²) in [4.78, 5) is 22.0. The first-order valence-corrected chi connectivity index (χ1v) is 12.5. The van der Waals surface area contributed by atoms with E-state index in [-0.39, 0.29) is 24.2 Å². The highest BCUT2D eigenvalue weighted by Crippen LogP contribution is 2.36. The molecule has 3 aromatic rings. The van der Waals surface area contributed by atoms with Gasteiger partial charge in [0.05, 0.1) is 29.2 Å². The summed E-state index contributed by atoms with van der Waals surface area (Å²) in [5.74, 6) is -0.204. The lowest BCUT2D eigenvalue weighted by molar-refractivity contribution is 0.0734. The normalized spacial score (nSPS) is 17.9. The number of hydrogen-bond donors (Lipinski definition) is 2. The molecule has 0 saturated carbocycles. The number of pyridine rings is 3. The molecule has 2 atom stereocenters. The fraction of sp³-hybridized carbons (Fsp3) is 0.370. The van der Waals surface area contributed by atoms with E-state index in [1.165, 1.54) is 6.07 Å². The minimum Gasteiger partial charge on any atom is -0.486 e. The van der Waals surface area contributed by atoms with Crippen LogP contribution < -0.4 is 15.6 Å². The predicted molar refractivity (Wildman–Crippen MR) is 139 cm³/mol. The van der Waals surface area contributed by atoms with Crippen LogP contribution in [0, 0.1) is 19.8 Å². The summed E-state index contributed by atoms with van der Waals surface area (Å²) in [5, 5.41) is 13.9. The van der Waals surface area contributed by atoms with Gasteiger partial charge in [-0.05, 0) is 92.5 Å². The van der Waals surface area contributed by atoms with Crippen LogP contribution in [0.1, 0.15) is 67.6 Å². The molecule has 36 heavy (non-hydrogen) atoms. The van der Waals surface area contributed by atoms with Crippen molar-refractivity contribution in [1.82, 2.24) is 19.9 Å². The minimum absolute atomic E-state index is 0.0378. The molecule has 190 valence electrons. The number of nitrogens with zero attached hydrogens (tertiary/aromatic N) is 3. The van der Waals surface area contributed by atoms with Gasteiger partial charge in [0.15, 0.2) is 0 Å². The van der Waals surface area contributed by atoms with E-state index in [0.717, 1.165) is 22.5 Å². The lowest BCUT2D eigenvalue weighted by Gasteiger charge is -2.33. The Kier molecular flexibility index (Phi) is 7.33. The van der Waals surface area contributed by atoms with Gasteiger partial charge in [-0.25, -0.2) is 4.98 Å². The topological polar surface area (TPSA) is 89.3 Å². The average molecular weight is 557 g/mol. The molecule has 1 aliphatic rings. The summed E-state index contributed by atoms with van der Waals surface area (Å²) >= 11 is 3.41. The van der Waals surface area contributed by atoms with E-state index >= 15 is 0 Å². The van der Waals surface area contributed by atoms with E-state index in [1.807, 2.05) is 39.1 Å². The molecule has 0 aliphatic carbocycles. The fourth-order valence-corrected chi connectivity index (χ4v) is 4.83. The van der Waals surface area contributed by atoms with Crippen LogP contribution in [0.3, 0.4) is 0 Å². The summed E-state index contributed by atoms with van der Waals surface area (Å²) < 4.78 is 21.3. The molecule has 0 aromatic carbocycles. The predicted octanol–water partition coefficient (Wildman–Crippen LogP) is 5.14. The number of aryl methyl sites for hydroxylation is 2. The van der Waals surface area contributed by atoms with E-state index in [1.54, 1.807) is 36.6 Å². The maximum Gasteiger partial charge on any atom is 0.269 e. The van der Waals surface area contributed by atoms with Crippen molar-refractivity contribution in [1.29, 1.82) is 0 Å². The summed E-state index contributed by atoms with van der Waals surface area (Å²) in [5.41, 5.74) is 3.35. The Morgan fingerprint density at radius 1 is 1.22 bits per heavy atom. The van der Waals surface area contributed by atoms with Crippen LogP contribution in [0.4, 0.5) is 4.39 Å². The maximum absolute atomic E-state index is 13.5. The zero-order chi connectivity index (χ0) is 26.2. The molecule has 4 heterocycles. The summed E-state index contributed by atoms with van der Waals surface area (Å²) in [6.07, 6.45) is 2.53. The second kappa shape index (κ2) is 10.1. The first-order chi connectivity index (χ1) is 17.0. The van der Waals surface area contributed by atoms with Crippen molar-refractivity contribution in [3.8, 4) is 5.75 Å². The highest BCUT2D eigenvalue weighted by Gasteiger charge is 2.30. The second-order valence-corrected chi connectivity index (χ2v) is 10.5. The number of aliphatic hydroxyl groups is 1. The molecular formula is C27H30BrFN4O3. The van der Waals surface area contributed by atoms with Crippen molar-refractivity contribution in [2.24, 2.45) is 0 Å². The number of rotatable bonds is 6. The molecule has 3 aromatic heterocycles. The molecule has 4 rings (SSSR count). The number of allylic oxidation sites excluding steroid dienone is 1. The number of ether oxygens (including phenoxy) is 1. The van der Waals surface area contributed by atoms with E-state index in [0.29, 0.717) is 28.0 Å². The molecule has 2 N–H and O–H groups in total. The number of halogens is 2. The standard InChI is InChI=1S/C27H30BrFN4O3/c1-15-9-10-22(27(4,5)35)32-25(15)19-12-20(16(2)13-30-19)33-17(3)11-21(24(28)26(33)34)36-14-18-7-6-8-23(29)31-18/h6-11,13,19-20,30,35H,12,14H2,1-5H3/t19-,20-/m1/s1. The van der Waals surface area contributed by atoms with Gasteiger partial charge in [0.1, 0.15) is 22.4 Å². The maximum atomic E-state index is 13.5. The van der Waals surface area contributed by atoms with Crippen LogP contribution in [0.5, 0.6) is 5.75 Å². The van der Waals surface area contributed by atoms with Gasteiger partial charge in [0.25, 0.3) is 5.56 Å². The van der Waals surface area contributed by atoms with Gasteiger partial charge in [-0.3, -0.25) is 9.78 Å². The molecular weight excluding hydrogens is 527 g/mol. The minimum atomic E-state index is -1.06. The lowest BCUT2D eigenvalue weighted by Crippen LogP contribution is -2.35. The molecule has 0 bridgehead atoms. The zero-order valence-corrected chi connectivity index (χ0v) is 22.6. The van der Waals surface area contributed by atoms with Crippen molar-refractivity contribution < 1.29 is 14.2 Å². The molecule has 7 nitrogen and oxygen atoms in total. The third kappa shape index (κ3) is 5.37. The van der Waals surface area contributed by atoms with Crippen molar-refractivity contribution in [3.63, 3.8) is 0 Å². The van der Waals surface area contributed by atoms with E-state index in [9.17, 15) is 14.3 Å². The zero-order valence-electron chi connectivity index (χ0n) is 21.0. The SMILES string of the molecule is CC1=CN[C@@H](c2nc(C(C)(C)O)ccc2C)C[C@H]1n1c(C)cc(OCc2cccc(F)n2)c(Br)c1=O. The fourth-order valence-electron chi connectivity index (χ4n) is 4.41. The largest absolute Gasteiger partial charge is 0.486 e. The molecule has 0 spiro atoms. The van der Waals surface area contributed by atoms with E-state index in [2.05, 4.69) is 26.2 Å². The van der Waals surface area contributed by atoms with Crippen LogP contribution in [0.2, 0.25) is 0 Å². The van der Waals surface area contributed by atoms with Crippen molar-refractivity contribution in [2.45, 2.75) is 65.3 Å². The van der Waals surface area contributed by atoms with Crippen LogP contribution in [-0.2, 0) is 12.2 Å². The Balaban J connectivity index is 1.64. The Hall–Kier alpha value is -3.04. The van der Waals surface area contributed by atoms with Crippen LogP contribution in [0.15, 0.2) is 57.4 Å². The van der Waals surface area contributed by atoms with Crippen molar-refractivity contribution in [2.75, 3.05) is 0 Å². The number of aromatic nitrogens is 3. The molecule has 9 heteroatoms. The average Bonchev–Trinajstić information content (AvgIpc) is 2.81. The first kappa shape index (κ1) is 26.0. The van der Waals surface area contributed by atoms with Crippen molar-refractivity contribution in [3.05, 3.63) is 97.3 Å². The Morgan fingerprint density at radius 3 is 2.67 bits per heavy atom. The third-order valence-corrected chi connectivity index (χ3v) is 7.12. The van der Waals surface area contributed by atoms with Gasteiger partial charge in [0, 0.05) is 11.8 Å². The summed E-state index contributed by atoms with van der Waals surface area (Å²) in [6.45, 7) is 9.31.